The van der Waals surface area contributed by atoms with Gasteiger partial charge in [0, 0.05) is 18.6 Å². The third kappa shape index (κ3) is 2.02. The molecule has 20 heavy (non-hydrogen) atoms. The van der Waals surface area contributed by atoms with Crippen molar-refractivity contribution in [2.24, 2.45) is 4.99 Å². The number of fused-ring (bicyclic) bond motifs is 1. The SMILES string of the molecule is C/C=[N+]1/C=CN=C(c2ccccc2F)c2c#cccc21. The average Bonchev–Trinajstić information content (AvgIpc) is 2.67. The van der Waals surface area contributed by atoms with Crippen LogP contribution in [-0.4, -0.2) is 16.5 Å². The van der Waals surface area contributed by atoms with E-state index in [0.717, 1.165) is 11.3 Å². The monoisotopic (exact) mass is 263 g/mol. The number of benzene rings is 1. The van der Waals surface area contributed by atoms with Crippen molar-refractivity contribution in [2.75, 3.05) is 0 Å². The first-order valence-corrected chi connectivity index (χ1v) is 6.31. The van der Waals surface area contributed by atoms with E-state index in [-0.39, 0.29) is 5.82 Å². The van der Waals surface area contributed by atoms with E-state index in [2.05, 4.69) is 17.1 Å². The molecule has 3 heteroatoms. The lowest BCUT2D eigenvalue weighted by Gasteiger charge is -2.05. The van der Waals surface area contributed by atoms with Crippen LogP contribution in [0.4, 0.5) is 10.1 Å². The van der Waals surface area contributed by atoms with Crippen molar-refractivity contribution in [1.29, 1.82) is 0 Å². The molecule has 1 aliphatic rings. The first-order chi connectivity index (χ1) is 9.81. The summed E-state index contributed by atoms with van der Waals surface area (Å²) >= 11 is 0. The summed E-state index contributed by atoms with van der Waals surface area (Å²) in [5.74, 6) is -0.295. The highest BCUT2D eigenvalue weighted by molar-refractivity contribution is 6.15. The van der Waals surface area contributed by atoms with Crippen molar-refractivity contribution in [3.63, 3.8) is 0 Å². The van der Waals surface area contributed by atoms with Crippen molar-refractivity contribution >= 4 is 17.6 Å². The van der Waals surface area contributed by atoms with Crippen LogP contribution >= 0.6 is 0 Å². The van der Waals surface area contributed by atoms with Crippen LogP contribution in [0.2, 0.25) is 0 Å². The first kappa shape index (κ1) is 12.3. The van der Waals surface area contributed by atoms with Crippen LogP contribution in [0, 0.1) is 17.9 Å². The molecular weight excluding hydrogens is 251 g/mol. The van der Waals surface area contributed by atoms with Crippen molar-refractivity contribution in [3.05, 3.63) is 77.9 Å². The van der Waals surface area contributed by atoms with Crippen molar-refractivity contribution in [3.8, 4) is 0 Å². The molecule has 2 aromatic carbocycles. The van der Waals surface area contributed by atoms with E-state index in [1.54, 1.807) is 30.5 Å². The summed E-state index contributed by atoms with van der Waals surface area (Å²) in [5, 5.41) is 0. The maximum Gasteiger partial charge on any atom is 0.228 e. The molecule has 0 amide bonds. The van der Waals surface area contributed by atoms with E-state index in [1.807, 2.05) is 30.0 Å². The molecule has 2 aromatic rings. The predicted octanol–water partition coefficient (Wildman–Crippen LogP) is 3.48. The van der Waals surface area contributed by atoms with Gasteiger partial charge in [0.25, 0.3) is 0 Å². The molecule has 1 heterocycles. The molecule has 96 valence electrons. The molecule has 0 aliphatic carbocycles. The van der Waals surface area contributed by atoms with Gasteiger partial charge in [-0.3, -0.25) is 0 Å². The summed E-state index contributed by atoms with van der Waals surface area (Å²) in [6, 6.07) is 16.3. The van der Waals surface area contributed by atoms with Crippen LogP contribution in [0.1, 0.15) is 18.1 Å². The maximum atomic E-state index is 14.0. The first-order valence-electron chi connectivity index (χ1n) is 6.31. The molecule has 0 bridgehead atoms. The van der Waals surface area contributed by atoms with Gasteiger partial charge in [-0.25, -0.2) is 9.38 Å². The standard InChI is InChI=1S/C17H12FN2/c1-2-20-12-11-19-17(13-7-3-5-9-15(13)18)14-8-4-6-10-16(14)20/h2-3,5-7,9-12H,1H3/q+1/b20-2-. The molecule has 0 N–H and O–H groups in total. The lowest BCUT2D eigenvalue weighted by Crippen LogP contribution is -2.07. The van der Waals surface area contributed by atoms with Crippen LogP contribution in [0.15, 0.2) is 53.8 Å². The molecule has 0 radical (unpaired) electrons. The number of aliphatic imine (C=N–C) groups is 1. The zero-order chi connectivity index (χ0) is 13.9. The van der Waals surface area contributed by atoms with Crippen LogP contribution in [-0.2, 0) is 0 Å². The van der Waals surface area contributed by atoms with Gasteiger partial charge in [-0.05, 0) is 18.2 Å². The Hall–Kier alpha value is -2.73. The van der Waals surface area contributed by atoms with Crippen LogP contribution < -0.4 is 0 Å². The molecule has 2 nitrogen and oxygen atoms in total. The Bertz CT molecular complexity index is 742. The maximum absolute atomic E-state index is 14.0. The Labute approximate surface area is 117 Å². The fourth-order valence-corrected chi connectivity index (χ4v) is 2.18. The topological polar surface area (TPSA) is 15.4 Å². The van der Waals surface area contributed by atoms with E-state index in [1.165, 1.54) is 6.07 Å². The average molecular weight is 263 g/mol. The highest BCUT2D eigenvalue weighted by Crippen LogP contribution is 2.24. The third-order valence-electron chi connectivity index (χ3n) is 3.13. The fourth-order valence-electron chi connectivity index (χ4n) is 2.18. The van der Waals surface area contributed by atoms with Gasteiger partial charge < -0.3 is 0 Å². The summed E-state index contributed by atoms with van der Waals surface area (Å²) < 4.78 is 16.0. The van der Waals surface area contributed by atoms with Gasteiger partial charge >= 0.3 is 0 Å². The lowest BCUT2D eigenvalue weighted by molar-refractivity contribution is -0.355. The molecular formula is C17H12FN2+. The lowest BCUT2D eigenvalue weighted by atomic mass is 10.0. The summed E-state index contributed by atoms with van der Waals surface area (Å²) in [5.41, 5.74) is 2.67. The zero-order valence-corrected chi connectivity index (χ0v) is 11.0. The van der Waals surface area contributed by atoms with Crippen molar-refractivity contribution in [1.82, 2.24) is 0 Å². The molecule has 0 atom stereocenters. The van der Waals surface area contributed by atoms with Gasteiger partial charge in [0.1, 0.15) is 17.6 Å². The van der Waals surface area contributed by atoms with Crippen molar-refractivity contribution in [2.45, 2.75) is 6.92 Å². The number of hydrogen-bond acceptors (Lipinski definition) is 1. The highest BCUT2D eigenvalue weighted by Gasteiger charge is 2.22. The van der Waals surface area contributed by atoms with Crippen LogP contribution in [0.25, 0.3) is 0 Å². The smallest absolute Gasteiger partial charge is 0.228 e. The molecule has 0 saturated carbocycles. The fraction of sp³-hybridized carbons (Fsp3) is 0.0588. The molecule has 3 rings (SSSR count). The zero-order valence-electron chi connectivity index (χ0n) is 11.0. The quantitative estimate of drug-likeness (QED) is 0.700. The Morgan fingerprint density at radius 3 is 2.90 bits per heavy atom. The minimum Gasteiger partial charge on any atom is -0.248 e. The Balaban J connectivity index is 2.26. The van der Waals surface area contributed by atoms with Gasteiger partial charge in [0.15, 0.2) is 6.20 Å². The molecule has 1 aliphatic heterocycles. The van der Waals surface area contributed by atoms with Crippen LogP contribution in [0.3, 0.4) is 0 Å². The molecule has 0 spiro atoms. The summed E-state index contributed by atoms with van der Waals surface area (Å²) in [6.45, 7) is 1.93. The van der Waals surface area contributed by atoms with Gasteiger partial charge in [-0.15, -0.1) is 0 Å². The van der Waals surface area contributed by atoms with E-state index in [0.29, 0.717) is 11.3 Å². The number of halogens is 1. The van der Waals surface area contributed by atoms with Gasteiger partial charge in [-0.1, -0.05) is 24.3 Å². The largest absolute Gasteiger partial charge is 0.248 e. The van der Waals surface area contributed by atoms with E-state index >= 15 is 0 Å². The third-order valence-corrected chi connectivity index (χ3v) is 3.13. The second-order valence-corrected chi connectivity index (χ2v) is 4.28. The Kier molecular flexibility index (Phi) is 3.14. The normalized spacial score (nSPS) is 15.3. The van der Waals surface area contributed by atoms with E-state index in [4.69, 9.17) is 0 Å². The second kappa shape index (κ2) is 5.10. The van der Waals surface area contributed by atoms with Gasteiger partial charge in [0.05, 0.1) is 11.9 Å². The Morgan fingerprint density at radius 2 is 2.10 bits per heavy atom. The number of nitrogens with zero attached hydrogens (tertiary/aromatic N) is 2. The summed E-state index contributed by atoms with van der Waals surface area (Å²) in [7, 11) is 0. The summed E-state index contributed by atoms with van der Waals surface area (Å²) in [4.78, 5) is 4.38. The molecule has 0 saturated heterocycles. The minimum absolute atomic E-state index is 0.295. The van der Waals surface area contributed by atoms with E-state index in [9.17, 15) is 4.39 Å². The molecule has 0 fully saturated rings. The van der Waals surface area contributed by atoms with Crippen molar-refractivity contribution < 1.29 is 8.97 Å². The Morgan fingerprint density at radius 1 is 1.25 bits per heavy atom. The number of rotatable bonds is 1. The molecule has 0 unspecified atom stereocenters. The predicted molar refractivity (Wildman–Crippen MR) is 77.0 cm³/mol. The van der Waals surface area contributed by atoms with Gasteiger partial charge in [-0.2, -0.15) is 4.58 Å². The summed E-state index contributed by atoms with van der Waals surface area (Å²) in [6.07, 6.45) is 5.42. The van der Waals surface area contributed by atoms with Gasteiger partial charge in [0.2, 0.25) is 5.69 Å². The second-order valence-electron chi connectivity index (χ2n) is 4.28. The minimum atomic E-state index is -0.295. The molecule has 0 aromatic heterocycles. The van der Waals surface area contributed by atoms with Crippen LogP contribution in [0.5, 0.6) is 0 Å². The van der Waals surface area contributed by atoms with E-state index < -0.39 is 0 Å². The highest BCUT2D eigenvalue weighted by atomic mass is 19.1. The number of hydrogen-bond donors (Lipinski definition) is 0.